The molecule has 3 nitrogen and oxygen atoms in total. The first-order valence-corrected chi connectivity index (χ1v) is 18.0. The molecule has 0 bridgehead atoms. The first kappa shape index (κ1) is 29.6. The van der Waals surface area contributed by atoms with Crippen LogP contribution in [0.3, 0.4) is 0 Å². The molecule has 0 saturated carbocycles. The minimum Gasteiger partial charge on any atom is -0.449 e. The van der Waals surface area contributed by atoms with E-state index in [1.807, 2.05) is 6.07 Å². The Kier molecular flexibility index (Phi) is 6.55. The van der Waals surface area contributed by atoms with Crippen LogP contribution in [0.5, 0.6) is 0 Å². The van der Waals surface area contributed by atoms with Gasteiger partial charge in [0.2, 0.25) is 0 Å². The van der Waals surface area contributed by atoms with Gasteiger partial charge in [-0.1, -0.05) is 133 Å². The number of nitrogens with zero attached hydrogens (tertiary/aromatic N) is 1. The normalized spacial score (nSPS) is 11.8. The Labute approximate surface area is 304 Å². The summed E-state index contributed by atoms with van der Waals surface area (Å²) in [5, 5.41) is 14.2. The van der Waals surface area contributed by atoms with E-state index in [0.29, 0.717) is 22.3 Å². The van der Waals surface area contributed by atoms with Gasteiger partial charge in [0.05, 0.1) is 5.69 Å². The third-order valence-electron chi connectivity index (χ3n) is 10.6. The number of hydrogen-bond donors (Lipinski definition) is 0. The van der Waals surface area contributed by atoms with Gasteiger partial charge in [0.25, 0.3) is 0 Å². The Hall–Kier alpha value is -7.10. The van der Waals surface area contributed by atoms with Crippen molar-refractivity contribution in [3.63, 3.8) is 0 Å². The Morgan fingerprint density at radius 1 is 0.245 bits per heavy atom. The number of anilines is 3. The lowest BCUT2D eigenvalue weighted by Crippen LogP contribution is -2.10. The summed E-state index contributed by atoms with van der Waals surface area (Å²) in [5.41, 5.74) is 5.85. The fraction of sp³-hybridized carbons (Fsp3) is 0. The second kappa shape index (κ2) is 11.7. The van der Waals surface area contributed by atoms with E-state index in [1.165, 1.54) is 48.5 Å². The molecule has 248 valence electrons. The molecule has 0 N–H and O–H groups in total. The molecule has 10 aromatic carbocycles. The molecule has 1 heterocycles. The summed E-state index contributed by atoms with van der Waals surface area (Å²) in [6, 6.07) is 66.8. The van der Waals surface area contributed by atoms with Crippen molar-refractivity contribution in [3.8, 4) is 0 Å². The fourth-order valence-corrected chi connectivity index (χ4v) is 8.14. The third kappa shape index (κ3) is 4.82. The lowest BCUT2D eigenvalue weighted by molar-refractivity contribution is 0.582. The van der Waals surface area contributed by atoms with Crippen LogP contribution in [0.1, 0.15) is 0 Å². The molecule has 0 unspecified atom stereocenters. The van der Waals surface area contributed by atoms with Crippen molar-refractivity contribution >= 4 is 104 Å². The van der Waals surface area contributed by atoms with E-state index in [1.54, 1.807) is 0 Å². The highest BCUT2D eigenvalue weighted by Crippen LogP contribution is 2.41. The van der Waals surface area contributed by atoms with Gasteiger partial charge < -0.3 is 13.7 Å². The van der Waals surface area contributed by atoms with E-state index in [-0.39, 0.29) is 0 Å². The number of hydrogen-bond acceptors (Lipinski definition) is 3. The van der Waals surface area contributed by atoms with Gasteiger partial charge in [0, 0.05) is 17.4 Å². The molecule has 1 aromatic heterocycles. The molecule has 0 aliphatic carbocycles. The van der Waals surface area contributed by atoms with E-state index >= 15 is 0 Å². The quantitative estimate of drug-likeness (QED) is 0.174. The maximum absolute atomic E-state index is 6.84. The van der Waals surface area contributed by atoms with Crippen LogP contribution in [-0.2, 0) is 0 Å². The van der Waals surface area contributed by atoms with E-state index in [2.05, 4.69) is 187 Å². The standard InChI is InChI=1S/C50H31NO2/c1-3-13-34-27-36(23-21-32(34)11-1)51(37-24-22-33-12-2-4-14-35(33)28-37)38-25-26-47-48(29-38)53-50-31-46-44-20-10-8-18-42(44)40-16-6-5-15-39(40)41-17-7-9-19-43(41)45(46)30-49(50)52-47/h1-31H. The summed E-state index contributed by atoms with van der Waals surface area (Å²) < 4.78 is 13.5. The Morgan fingerprint density at radius 3 is 1.06 bits per heavy atom. The minimum absolute atomic E-state index is 0.673. The van der Waals surface area contributed by atoms with Crippen LogP contribution in [0.4, 0.5) is 17.1 Å². The van der Waals surface area contributed by atoms with Crippen LogP contribution in [0, 0.1) is 0 Å². The molecule has 0 fully saturated rings. The van der Waals surface area contributed by atoms with Crippen LogP contribution in [0.15, 0.2) is 197 Å². The molecule has 0 atom stereocenters. The molecule has 11 aromatic rings. The van der Waals surface area contributed by atoms with Crippen molar-refractivity contribution in [2.45, 2.75) is 0 Å². The summed E-state index contributed by atoms with van der Waals surface area (Å²) in [7, 11) is 0. The van der Waals surface area contributed by atoms with E-state index < -0.39 is 0 Å². The zero-order valence-electron chi connectivity index (χ0n) is 28.7. The Balaban J connectivity index is 1.17. The fourth-order valence-electron chi connectivity index (χ4n) is 8.14. The van der Waals surface area contributed by atoms with Crippen molar-refractivity contribution in [1.82, 2.24) is 0 Å². The highest BCUT2D eigenvalue weighted by atomic mass is 16.4. The predicted molar refractivity (Wildman–Crippen MR) is 223 cm³/mol. The number of benzene rings is 9. The first-order valence-electron chi connectivity index (χ1n) is 18.0. The summed E-state index contributed by atoms with van der Waals surface area (Å²) in [5.74, 6) is 0. The second-order valence-electron chi connectivity index (χ2n) is 13.7. The summed E-state index contributed by atoms with van der Waals surface area (Å²) in [6.45, 7) is 0. The lowest BCUT2D eigenvalue weighted by Gasteiger charge is -2.26. The van der Waals surface area contributed by atoms with Gasteiger partial charge >= 0.3 is 0 Å². The van der Waals surface area contributed by atoms with Crippen LogP contribution in [0.25, 0.3) is 87.0 Å². The molecule has 0 radical (unpaired) electrons. The average molecular weight is 678 g/mol. The maximum Gasteiger partial charge on any atom is 0.172 e. The molecule has 3 heteroatoms. The third-order valence-corrected chi connectivity index (χ3v) is 10.6. The predicted octanol–water partition coefficient (Wildman–Crippen LogP) is 14.7. The van der Waals surface area contributed by atoms with Crippen molar-refractivity contribution in [1.29, 1.82) is 0 Å². The van der Waals surface area contributed by atoms with E-state index in [0.717, 1.165) is 33.2 Å². The molecular formula is C50H31NO2. The van der Waals surface area contributed by atoms with Gasteiger partial charge in [-0.2, -0.15) is 0 Å². The molecule has 0 saturated heterocycles. The monoisotopic (exact) mass is 677 g/mol. The van der Waals surface area contributed by atoms with Gasteiger partial charge in [-0.25, -0.2) is 0 Å². The summed E-state index contributed by atoms with van der Waals surface area (Å²) in [4.78, 5) is 2.29. The molecular weight excluding hydrogens is 647 g/mol. The van der Waals surface area contributed by atoms with Crippen LogP contribution < -0.4 is 4.90 Å². The zero-order chi connectivity index (χ0) is 34.9. The highest BCUT2D eigenvalue weighted by Gasteiger charge is 2.17. The number of fused-ring (bicyclic) bond motifs is 12. The van der Waals surface area contributed by atoms with Gasteiger partial charge in [-0.15, -0.1) is 0 Å². The summed E-state index contributed by atoms with van der Waals surface area (Å²) >= 11 is 0. The smallest absolute Gasteiger partial charge is 0.172 e. The van der Waals surface area contributed by atoms with Crippen molar-refractivity contribution in [2.75, 3.05) is 4.90 Å². The molecule has 0 aliphatic rings. The highest BCUT2D eigenvalue weighted by molar-refractivity contribution is 6.26. The molecule has 53 heavy (non-hydrogen) atoms. The average Bonchev–Trinajstić information content (AvgIpc) is 3.22. The molecule has 0 amide bonds. The summed E-state index contributed by atoms with van der Waals surface area (Å²) in [6.07, 6.45) is 0. The maximum atomic E-state index is 6.84. The van der Waals surface area contributed by atoms with E-state index in [4.69, 9.17) is 8.83 Å². The molecule has 11 rings (SSSR count). The largest absolute Gasteiger partial charge is 0.449 e. The Bertz CT molecular complexity index is 3230. The van der Waals surface area contributed by atoms with Crippen LogP contribution in [0.2, 0.25) is 0 Å². The van der Waals surface area contributed by atoms with Gasteiger partial charge in [-0.05, 0) is 113 Å². The van der Waals surface area contributed by atoms with Crippen molar-refractivity contribution < 1.29 is 8.83 Å². The topological polar surface area (TPSA) is 29.5 Å². The van der Waals surface area contributed by atoms with Gasteiger partial charge in [0.15, 0.2) is 22.3 Å². The number of rotatable bonds is 3. The minimum atomic E-state index is 0.673. The zero-order valence-corrected chi connectivity index (χ0v) is 28.7. The molecule has 0 spiro atoms. The van der Waals surface area contributed by atoms with Crippen LogP contribution >= 0.6 is 0 Å². The van der Waals surface area contributed by atoms with Crippen LogP contribution in [-0.4, -0.2) is 0 Å². The van der Waals surface area contributed by atoms with Crippen molar-refractivity contribution in [3.05, 3.63) is 188 Å². The molecule has 0 aliphatic heterocycles. The first-order chi connectivity index (χ1) is 26.2. The van der Waals surface area contributed by atoms with Gasteiger partial charge in [-0.3, -0.25) is 0 Å². The SMILES string of the molecule is c1ccc2cc(N(c3ccc4ccccc4c3)c3ccc4oc5cc6c7ccccc7c7ccccc7c7ccccc7c6cc5oc4c3)ccc2c1. The van der Waals surface area contributed by atoms with Crippen molar-refractivity contribution in [2.24, 2.45) is 0 Å². The van der Waals surface area contributed by atoms with E-state index in [9.17, 15) is 0 Å². The lowest BCUT2D eigenvalue weighted by atomic mass is 9.94. The Morgan fingerprint density at radius 2 is 0.585 bits per heavy atom. The second-order valence-corrected chi connectivity index (χ2v) is 13.7. The van der Waals surface area contributed by atoms with Gasteiger partial charge in [0.1, 0.15) is 0 Å².